The molecular formula is C17H18ClNO4. The van der Waals surface area contributed by atoms with E-state index in [0.717, 1.165) is 5.56 Å². The maximum Gasteiger partial charge on any atom is 0.244 e. The molecule has 0 bridgehead atoms. The third kappa shape index (κ3) is 4.29. The average molecular weight is 336 g/mol. The molecule has 1 amide bonds. The molecule has 1 aromatic carbocycles. The Balaban J connectivity index is 2.07. The summed E-state index contributed by atoms with van der Waals surface area (Å²) in [4.78, 5) is 12.0. The van der Waals surface area contributed by atoms with Crippen LogP contribution in [-0.4, -0.2) is 20.1 Å². The lowest BCUT2D eigenvalue weighted by Crippen LogP contribution is -2.24. The number of nitrogens with one attached hydrogen (secondary N) is 1. The highest BCUT2D eigenvalue weighted by Crippen LogP contribution is 2.36. The topological polar surface area (TPSA) is 60.7 Å². The van der Waals surface area contributed by atoms with Crippen LogP contribution in [0.3, 0.4) is 0 Å². The van der Waals surface area contributed by atoms with Crippen LogP contribution in [-0.2, 0) is 4.79 Å². The van der Waals surface area contributed by atoms with Crippen molar-refractivity contribution < 1.29 is 18.7 Å². The number of hydrogen-bond acceptors (Lipinski definition) is 4. The van der Waals surface area contributed by atoms with Crippen LogP contribution in [0.1, 0.15) is 24.3 Å². The van der Waals surface area contributed by atoms with Gasteiger partial charge in [0.1, 0.15) is 5.76 Å². The number of ether oxygens (including phenoxy) is 2. The van der Waals surface area contributed by atoms with Gasteiger partial charge in [0.05, 0.1) is 31.5 Å². The van der Waals surface area contributed by atoms with Crippen LogP contribution in [0.5, 0.6) is 11.5 Å². The Kier molecular flexibility index (Phi) is 5.71. The minimum absolute atomic E-state index is 0.212. The molecule has 23 heavy (non-hydrogen) atoms. The van der Waals surface area contributed by atoms with Gasteiger partial charge in [0.15, 0.2) is 11.5 Å². The summed E-state index contributed by atoms with van der Waals surface area (Å²) in [6, 6.07) is 6.81. The Morgan fingerprint density at radius 3 is 2.74 bits per heavy atom. The van der Waals surface area contributed by atoms with Crippen LogP contribution in [0, 0.1) is 0 Å². The number of hydrogen-bond donors (Lipinski definition) is 1. The first kappa shape index (κ1) is 17.0. The molecule has 0 aliphatic heterocycles. The van der Waals surface area contributed by atoms with Crippen molar-refractivity contribution in [2.24, 2.45) is 0 Å². The zero-order valence-electron chi connectivity index (χ0n) is 13.1. The number of benzene rings is 1. The van der Waals surface area contributed by atoms with Gasteiger partial charge in [-0.25, -0.2) is 0 Å². The normalized spacial score (nSPS) is 12.2. The van der Waals surface area contributed by atoms with Gasteiger partial charge in [-0.05, 0) is 42.8 Å². The molecule has 0 saturated heterocycles. The van der Waals surface area contributed by atoms with Gasteiger partial charge in [-0.3, -0.25) is 4.79 Å². The number of halogens is 1. The van der Waals surface area contributed by atoms with Gasteiger partial charge in [-0.15, -0.1) is 0 Å². The third-order valence-electron chi connectivity index (χ3n) is 3.21. The predicted octanol–water partition coefficient (Wildman–Crippen LogP) is 3.84. The van der Waals surface area contributed by atoms with Crippen LogP contribution in [0.15, 0.2) is 41.0 Å². The van der Waals surface area contributed by atoms with Crippen LogP contribution in [0.25, 0.3) is 6.08 Å². The van der Waals surface area contributed by atoms with E-state index in [2.05, 4.69) is 5.32 Å². The Bertz CT molecular complexity index is 695. The van der Waals surface area contributed by atoms with Gasteiger partial charge < -0.3 is 19.2 Å². The van der Waals surface area contributed by atoms with E-state index in [1.807, 2.05) is 13.0 Å². The van der Waals surface area contributed by atoms with Crippen LogP contribution < -0.4 is 14.8 Å². The number of rotatable bonds is 6. The van der Waals surface area contributed by atoms with Crippen molar-refractivity contribution in [1.29, 1.82) is 0 Å². The molecule has 1 heterocycles. The van der Waals surface area contributed by atoms with E-state index in [1.165, 1.54) is 20.3 Å². The second-order valence-electron chi connectivity index (χ2n) is 4.82. The number of carbonyl (C=O) groups is 1. The quantitative estimate of drug-likeness (QED) is 0.815. The summed E-state index contributed by atoms with van der Waals surface area (Å²) in [6.07, 6.45) is 4.65. The molecule has 0 unspecified atom stereocenters. The largest absolute Gasteiger partial charge is 0.493 e. The Morgan fingerprint density at radius 1 is 1.35 bits per heavy atom. The summed E-state index contributed by atoms with van der Waals surface area (Å²) < 4.78 is 15.6. The van der Waals surface area contributed by atoms with E-state index < -0.39 is 0 Å². The smallest absolute Gasteiger partial charge is 0.244 e. The summed E-state index contributed by atoms with van der Waals surface area (Å²) >= 11 is 6.13. The minimum Gasteiger partial charge on any atom is -0.493 e. The molecule has 5 nitrogen and oxygen atoms in total. The van der Waals surface area contributed by atoms with Gasteiger partial charge in [-0.2, -0.15) is 0 Å². The zero-order valence-corrected chi connectivity index (χ0v) is 13.9. The number of carbonyl (C=O) groups excluding carboxylic acids is 1. The fraction of sp³-hybridized carbons (Fsp3) is 0.235. The molecule has 6 heteroatoms. The SMILES string of the molecule is COc1cc(/C=C/C(=O)N[C@@H](C)c2ccco2)cc(Cl)c1OC. The first-order valence-electron chi connectivity index (χ1n) is 6.98. The molecule has 1 aromatic heterocycles. The zero-order chi connectivity index (χ0) is 16.8. The fourth-order valence-electron chi connectivity index (χ4n) is 2.08. The van der Waals surface area contributed by atoms with Crippen LogP contribution in [0.2, 0.25) is 5.02 Å². The van der Waals surface area contributed by atoms with Crippen molar-refractivity contribution >= 4 is 23.6 Å². The monoisotopic (exact) mass is 335 g/mol. The first-order chi connectivity index (χ1) is 11.0. The molecule has 122 valence electrons. The second kappa shape index (κ2) is 7.74. The molecule has 1 N–H and O–H groups in total. The predicted molar refractivity (Wildman–Crippen MR) is 88.9 cm³/mol. The minimum atomic E-state index is -0.236. The highest BCUT2D eigenvalue weighted by Gasteiger charge is 2.11. The molecule has 1 atom stereocenters. The van der Waals surface area contributed by atoms with Gasteiger partial charge in [0.2, 0.25) is 5.91 Å². The van der Waals surface area contributed by atoms with Gasteiger partial charge in [0.25, 0.3) is 0 Å². The molecule has 0 spiro atoms. The molecule has 0 aliphatic rings. The first-order valence-corrected chi connectivity index (χ1v) is 7.36. The van der Waals surface area contributed by atoms with Crippen molar-refractivity contribution in [3.05, 3.63) is 53.0 Å². The van der Waals surface area contributed by atoms with Gasteiger partial charge in [0, 0.05) is 6.08 Å². The van der Waals surface area contributed by atoms with Crippen LogP contribution >= 0.6 is 11.6 Å². The Labute approximate surface area is 139 Å². The van der Waals surface area contributed by atoms with E-state index in [9.17, 15) is 4.79 Å². The van der Waals surface area contributed by atoms with Crippen molar-refractivity contribution in [1.82, 2.24) is 5.32 Å². The molecule has 2 rings (SSSR count). The highest BCUT2D eigenvalue weighted by molar-refractivity contribution is 6.32. The Hall–Kier alpha value is -2.40. The number of amides is 1. The molecular weight excluding hydrogens is 318 g/mol. The summed E-state index contributed by atoms with van der Waals surface area (Å²) in [7, 11) is 3.04. The summed E-state index contributed by atoms with van der Waals surface area (Å²) in [5.41, 5.74) is 0.730. The van der Waals surface area contributed by atoms with Crippen molar-refractivity contribution in [3.8, 4) is 11.5 Å². The highest BCUT2D eigenvalue weighted by atomic mass is 35.5. The summed E-state index contributed by atoms with van der Waals surface area (Å²) in [5.74, 6) is 1.42. The maximum absolute atomic E-state index is 12.0. The lowest BCUT2D eigenvalue weighted by Gasteiger charge is -2.10. The van der Waals surface area contributed by atoms with E-state index in [0.29, 0.717) is 22.3 Å². The van der Waals surface area contributed by atoms with E-state index >= 15 is 0 Å². The van der Waals surface area contributed by atoms with Gasteiger partial charge >= 0.3 is 0 Å². The molecule has 0 radical (unpaired) electrons. The lowest BCUT2D eigenvalue weighted by molar-refractivity contribution is -0.117. The van der Waals surface area contributed by atoms with Crippen LogP contribution in [0.4, 0.5) is 0 Å². The molecule has 0 aliphatic carbocycles. The molecule has 0 fully saturated rings. The standard InChI is InChI=1S/C17H18ClNO4/c1-11(14-5-4-8-23-14)19-16(20)7-6-12-9-13(18)17(22-3)15(10-12)21-2/h4-11H,1-3H3,(H,19,20)/b7-6+/t11-/m0/s1. The Morgan fingerprint density at radius 2 is 2.13 bits per heavy atom. The molecule has 0 saturated carbocycles. The van der Waals surface area contributed by atoms with Gasteiger partial charge in [-0.1, -0.05) is 11.6 Å². The van der Waals surface area contributed by atoms with Crippen molar-refractivity contribution in [3.63, 3.8) is 0 Å². The second-order valence-corrected chi connectivity index (χ2v) is 5.22. The van der Waals surface area contributed by atoms with Crippen molar-refractivity contribution in [2.45, 2.75) is 13.0 Å². The fourth-order valence-corrected chi connectivity index (χ4v) is 2.37. The van der Waals surface area contributed by atoms with Crippen molar-refractivity contribution in [2.75, 3.05) is 14.2 Å². The number of furan rings is 1. The maximum atomic E-state index is 12.0. The summed E-state index contributed by atoms with van der Waals surface area (Å²) in [5, 5.41) is 3.22. The summed E-state index contributed by atoms with van der Waals surface area (Å²) in [6.45, 7) is 1.85. The molecule has 2 aromatic rings. The average Bonchev–Trinajstić information content (AvgIpc) is 3.06. The number of methoxy groups -OCH3 is 2. The van der Waals surface area contributed by atoms with E-state index in [1.54, 1.807) is 30.5 Å². The van der Waals surface area contributed by atoms with E-state index in [-0.39, 0.29) is 11.9 Å². The third-order valence-corrected chi connectivity index (χ3v) is 3.49. The lowest BCUT2D eigenvalue weighted by atomic mass is 10.1. The van der Waals surface area contributed by atoms with E-state index in [4.69, 9.17) is 25.5 Å².